The Hall–Kier alpha value is -2.89. The number of carbonyl (C=O) groups excluding carboxylic acids is 1. The van der Waals surface area contributed by atoms with E-state index >= 15 is 0 Å². The van der Waals surface area contributed by atoms with E-state index in [4.69, 9.17) is 14.9 Å². The van der Waals surface area contributed by atoms with Crippen molar-refractivity contribution in [2.75, 3.05) is 11.9 Å². The van der Waals surface area contributed by atoms with Crippen molar-refractivity contribution in [1.29, 1.82) is 0 Å². The number of amides is 1. The van der Waals surface area contributed by atoms with Crippen molar-refractivity contribution < 1.29 is 29.2 Å². The molecular weight excluding hydrogens is 351 g/mol. The van der Waals surface area contributed by atoms with Crippen LogP contribution in [0.2, 0.25) is 0 Å². The second-order valence-corrected chi connectivity index (χ2v) is 5.54. The van der Waals surface area contributed by atoms with E-state index in [1.54, 1.807) is 0 Å². The van der Waals surface area contributed by atoms with E-state index in [1.807, 2.05) is 0 Å². The van der Waals surface area contributed by atoms with Gasteiger partial charge >= 0.3 is 5.69 Å². The number of pyridine rings is 1. The Bertz CT molecular complexity index is 858. The maximum absolute atomic E-state index is 14.1. The molecule has 4 atom stereocenters. The molecule has 1 aliphatic rings. The van der Waals surface area contributed by atoms with Gasteiger partial charge in [0.1, 0.15) is 18.0 Å². The molecule has 0 unspecified atom stereocenters. The summed E-state index contributed by atoms with van der Waals surface area (Å²) < 4.78 is 20.0. The lowest BCUT2D eigenvalue weighted by Crippen LogP contribution is -2.33. The molecule has 3 rings (SSSR count). The number of nitrogens with zero attached hydrogens (tertiary/aromatic N) is 3. The average molecular weight is 366 g/mol. The predicted octanol–water partition coefficient (Wildman–Crippen LogP) is -0.815. The second-order valence-electron chi connectivity index (χ2n) is 5.54. The molecule has 1 amide bonds. The second kappa shape index (κ2) is 7.15. The lowest BCUT2D eigenvalue weighted by molar-refractivity contribution is -0.0490. The Morgan fingerprint density at radius 1 is 1.38 bits per heavy atom. The number of carbonyl (C=O) groups is 1. The summed E-state index contributed by atoms with van der Waals surface area (Å²) in [4.78, 5) is 31.3. The van der Waals surface area contributed by atoms with Gasteiger partial charge in [0.15, 0.2) is 12.4 Å². The molecule has 4 N–H and O–H groups in total. The number of halogens is 1. The number of nitrogens with one attached hydrogen (secondary N) is 1. The molecule has 0 spiro atoms. The lowest BCUT2D eigenvalue weighted by atomic mass is 10.1. The minimum absolute atomic E-state index is 0.0861. The minimum Gasteiger partial charge on any atom is -0.493 e. The fourth-order valence-electron chi connectivity index (χ4n) is 2.46. The number of aromatic hydroxyl groups is 1. The van der Waals surface area contributed by atoms with Crippen molar-refractivity contribution in [3.05, 3.63) is 46.6 Å². The van der Waals surface area contributed by atoms with Gasteiger partial charge in [0, 0.05) is 18.5 Å². The number of anilines is 1. The van der Waals surface area contributed by atoms with Crippen LogP contribution in [-0.2, 0) is 4.74 Å². The Kier molecular flexibility index (Phi) is 4.93. The van der Waals surface area contributed by atoms with Crippen molar-refractivity contribution in [1.82, 2.24) is 14.5 Å². The zero-order chi connectivity index (χ0) is 18.8. The molecule has 138 valence electrons. The third kappa shape index (κ3) is 3.40. The van der Waals surface area contributed by atoms with Gasteiger partial charge in [0.2, 0.25) is 5.88 Å². The van der Waals surface area contributed by atoms with E-state index in [0.717, 1.165) is 17.0 Å². The van der Waals surface area contributed by atoms with Crippen molar-refractivity contribution in [2.24, 2.45) is 0 Å². The third-order valence-corrected chi connectivity index (χ3v) is 3.83. The number of aliphatic hydroxyl groups is 2. The maximum atomic E-state index is 14.1. The zero-order valence-electron chi connectivity index (χ0n) is 13.2. The average Bonchev–Trinajstić information content (AvgIpc) is 2.90. The summed E-state index contributed by atoms with van der Waals surface area (Å²) in [5, 5.41) is 30.1. The summed E-state index contributed by atoms with van der Waals surface area (Å²) >= 11 is 0. The van der Waals surface area contributed by atoms with Crippen molar-refractivity contribution >= 4 is 11.7 Å². The van der Waals surface area contributed by atoms with Crippen LogP contribution in [0, 0.1) is 0 Å². The van der Waals surface area contributed by atoms with Crippen LogP contribution in [0.3, 0.4) is 0 Å². The highest BCUT2D eigenvalue weighted by atomic mass is 19.1. The number of ether oxygens (including phenoxy) is 1. The van der Waals surface area contributed by atoms with Gasteiger partial charge in [-0.3, -0.25) is 9.36 Å². The van der Waals surface area contributed by atoms with Gasteiger partial charge in [0.25, 0.3) is 5.91 Å². The van der Waals surface area contributed by atoms with Gasteiger partial charge < -0.3 is 25.4 Å². The van der Waals surface area contributed by atoms with Crippen molar-refractivity contribution in [3.63, 3.8) is 0 Å². The Morgan fingerprint density at radius 3 is 2.73 bits per heavy atom. The first-order chi connectivity index (χ1) is 12.4. The first-order valence-electron chi connectivity index (χ1n) is 7.54. The monoisotopic (exact) mass is 366 g/mol. The molecule has 0 aliphatic carbocycles. The largest absolute Gasteiger partial charge is 0.493 e. The molecule has 1 fully saturated rings. The highest BCUT2D eigenvalue weighted by Gasteiger charge is 2.45. The van der Waals surface area contributed by atoms with Crippen LogP contribution < -0.4 is 11.0 Å². The summed E-state index contributed by atoms with van der Waals surface area (Å²) in [7, 11) is 0. The van der Waals surface area contributed by atoms with E-state index in [2.05, 4.69) is 15.3 Å². The van der Waals surface area contributed by atoms with Crippen LogP contribution in [0.5, 0.6) is 5.88 Å². The summed E-state index contributed by atoms with van der Waals surface area (Å²) in [6, 6.07) is 3.80. The number of aromatic nitrogens is 3. The Morgan fingerprint density at radius 2 is 2.15 bits per heavy atom. The highest BCUT2D eigenvalue weighted by molar-refractivity contribution is 6.03. The smallest absolute Gasteiger partial charge is 0.351 e. The quantitative estimate of drug-likeness (QED) is 0.549. The molecule has 2 aromatic heterocycles. The summed E-state index contributed by atoms with van der Waals surface area (Å²) in [5.74, 6) is -0.946. The first-order valence-corrected chi connectivity index (χ1v) is 7.54. The van der Waals surface area contributed by atoms with E-state index in [1.165, 1.54) is 18.2 Å². The van der Waals surface area contributed by atoms with E-state index in [0.29, 0.717) is 0 Å². The molecule has 1 saturated heterocycles. The highest BCUT2D eigenvalue weighted by Crippen LogP contribution is 2.30. The lowest BCUT2D eigenvalue weighted by Gasteiger charge is -2.16. The van der Waals surface area contributed by atoms with Crippen LogP contribution in [-0.4, -0.2) is 60.7 Å². The number of rotatable bonds is 4. The molecule has 26 heavy (non-hydrogen) atoms. The fraction of sp³-hybridized carbons (Fsp3) is 0.333. The normalized spacial score (nSPS) is 25.2. The summed E-state index contributed by atoms with van der Waals surface area (Å²) in [6.07, 6.45) is -3.78. The standard InChI is InChI=1S/C15H15FN4O6/c16-11-12(23)8(6-21)26-14(11)20-4-3-9(19-15(20)25)18-13(24)7-1-2-10(22)17-5-7/h1-5,8,11-12,14,21,23H,6H2,(H,17,22)(H,18,19,24,25)/t8-,11-,12-,14-/m1/s1. The summed E-state index contributed by atoms with van der Waals surface area (Å²) in [6.45, 7) is -0.602. The first kappa shape index (κ1) is 17.9. The third-order valence-electron chi connectivity index (χ3n) is 3.83. The maximum Gasteiger partial charge on any atom is 0.351 e. The van der Waals surface area contributed by atoms with Crippen LogP contribution in [0.15, 0.2) is 35.4 Å². The molecule has 10 nitrogen and oxygen atoms in total. The Labute approximate surface area is 145 Å². The van der Waals surface area contributed by atoms with Gasteiger partial charge in [-0.1, -0.05) is 0 Å². The molecule has 2 aromatic rings. The molecule has 0 radical (unpaired) electrons. The van der Waals surface area contributed by atoms with Gasteiger partial charge in [-0.25, -0.2) is 14.2 Å². The van der Waals surface area contributed by atoms with Gasteiger partial charge in [-0.2, -0.15) is 4.98 Å². The molecule has 3 heterocycles. The van der Waals surface area contributed by atoms with E-state index in [9.17, 15) is 19.1 Å². The summed E-state index contributed by atoms with van der Waals surface area (Å²) in [5.41, 5.74) is -0.782. The number of aliphatic hydroxyl groups excluding tert-OH is 2. The topological polar surface area (TPSA) is 147 Å². The van der Waals surface area contributed by atoms with Crippen LogP contribution in [0.1, 0.15) is 16.6 Å². The fourth-order valence-corrected chi connectivity index (χ4v) is 2.46. The van der Waals surface area contributed by atoms with Gasteiger partial charge in [-0.15, -0.1) is 0 Å². The SMILES string of the molecule is O=C(Nc1ccn([C@@H]2O[C@H](CO)[C@@H](O)[C@H]2F)c(=O)n1)c1ccc(O)nc1. The zero-order valence-corrected chi connectivity index (χ0v) is 13.2. The van der Waals surface area contributed by atoms with Gasteiger partial charge in [-0.05, 0) is 12.1 Å². The van der Waals surface area contributed by atoms with E-state index < -0.39 is 42.8 Å². The predicted molar refractivity (Wildman–Crippen MR) is 84.3 cm³/mol. The van der Waals surface area contributed by atoms with E-state index in [-0.39, 0.29) is 17.3 Å². The van der Waals surface area contributed by atoms with Crippen LogP contribution in [0.4, 0.5) is 10.2 Å². The molecule has 0 saturated carbocycles. The number of alkyl halides is 1. The van der Waals surface area contributed by atoms with Crippen LogP contribution in [0.25, 0.3) is 0 Å². The Balaban J connectivity index is 1.77. The molecule has 11 heteroatoms. The van der Waals surface area contributed by atoms with Gasteiger partial charge in [0.05, 0.1) is 12.2 Å². The number of hydrogen-bond acceptors (Lipinski definition) is 8. The van der Waals surface area contributed by atoms with Crippen molar-refractivity contribution in [2.45, 2.75) is 24.6 Å². The molecule has 0 aromatic carbocycles. The number of hydrogen-bond donors (Lipinski definition) is 4. The molecule has 0 bridgehead atoms. The molecular formula is C15H15FN4O6. The molecule has 1 aliphatic heterocycles. The van der Waals surface area contributed by atoms with Crippen LogP contribution >= 0.6 is 0 Å². The minimum atomic E-state index is -1.92. The van der Waals surface area contributed by atoms with Crippen molar-refractivity contribution in [3.8, 4) is 5.88 Å².